The van der Waals surface area contributed by atoms with E-state index in [4.69, 9.17) is 9.15 Å². The fourth-order valence-electron chi connectivity index (χ4n) is 4.74. The number of hydrogen-bond acceptors (Lipinski definition) is 7. The van der Waals surface area contributed by atoms with Crippen molar-refractivity contribution in [3.63, 3.8) is 0 Å². The van der Waals surface area contributed by atoms with E-state index in [1.807, 2.05) is 13.8 Å². The van der Waals surface area contributed by atoms with Crippen LogP contribution in [0.3, 0.4) is 0 Å². The van der Waals surface area contributed by atoms with Crippen LogP contribution in [0.2, 0.25) is 0 Å². The lowest BCUT2D eigenvalue weighted by molar-refractivity contribution is -0.132. The monoisotopic (exact) mass is 531 g/mol. The summed E-state index contributed by atoms with van der Waals surface area (Å²) in [6, 6.07) is 4.41. The summed E-state index contributed by atoms with van der Waals surface area (Å²) in [5.41, 5.74) is 1.21. The number of amides is 2. The molecule has 210 valence electrons. The van der Waals surface area contributed by atoms with Gasteiger partial charge in [0.15, 0.2) is 0 Å². The lowest BCUT2D eigenvalue weighted by Gasteiger charge is -2.32. The number of halogens is 1. The van der Waals surface area contributed by atoms with Crippen molar-refractivity contribution >= 4 is 17.5 Å². The fourth-order valence-corrected chi connectivity index (χ4v) is 4.74. The molecule has 1 aliphatic heterocycles. The smallest absolute Gasteiger partial charge is 0.252 e. The van der Waals surface area contributed by atoms with Gasteiger partial charge in [-0.15, -0.1) is 10.2 Å². The van der Waals surface area contributed by atoms with E-state index in [0.717, 1.165) is 32.5 Å². The number of benzene rings is 1. The molecule has 2 amide bonds. The second-order valence-electron chi connectivity index (χ2n) is 10.7. The Morgan fingerprint density at radius 1 is 1.05 bits per heavy atom. The Morgan fingerprint density at radius 2 is 1.79 bits per heavy atom. The van der Waals surface area contributed by atoms with Crippen LogP contribution in [0.15, 0.2) is 22.6 Å². The molecule has 0 atom stereocenters. The highest BCUT2D eigenvalue weighted by Gasteiger charge is 2.24. The number of anilines is 1. The summed E-state index contributed by atoms with van der Waals surface area (Å²) in [6.45, 7) is 12.1. The van der Waals surface area contributed by atoms with E-state index in [9.17, 15) is 14.0 Å². The molecule has 0 saturated carbocycles. The Morgan fingerprint density at radius 3 is 2.45 bits per heavy atom. The Kier molecular flexibility index (Phi) is 11.2. The van der Waals surface area contributed by atoms with Crippen LogP contribution in [0, 0.1) is 11.7 Å². The van der Waals surface area contributed by atoms with Crippen LogP contribution in [0.25, 0.3) is 0 Å². The second kappa shape index (κ2) is 14.3. The minimum Gasteiger partial charge on any atom is -0.425 e. The number of fused-ring (bicyclic) bond motifs is 1. The number of aromatic nitrogens is 2. The van der Waals surface area contributed by atoms with E-state index in [1.165, 1.54) is 19.2 Å². The van der Waals surface area contributed by atoms with E-state index in [0.29, 0.717) is 48.5 Å². The maximum Gasteiger partial charge on any atom is 0.252 e. The third-order valence-electron chi connectivity index (χ3n) is 6.53. The van der Waals surface area contributed by atoms with Crippen LogP contribution in [-0.4, -0.2) is 78.3 Å². The first-order valence-electron chi connectivity index (χ1n) is 13.6. The van der Waals surface area contributed by atoms with E-state index in [1.54, 1.807) is 15.9 Å². The van der Waals surface area contributed by atoms with Crippen molar-refractivity contribution in [2.75, 3.05) is 51.3 Å². The van der Waals surface area contributed by atoms with Gasteiger partial charge in [0.05, 0.1) is 0 Å². The summed E-state index contributed by atoms with van der Waals surface area (Å²) < 4.78 is 25.2. The van der Waals surface area contributed by atoms with Gasteiger partial charge in [-0.3, -0.25) is 9.59 Å². The van der Waals surface area contributed by atoms with Gasteiger partial charge in [0, 0.05) is 57.7 Å². The molecule has 0 fully saturated rings. The predicted molar refractivity (Wildman–Crippen MR) is 143 cm³/mol. The van der Waals surface area contributed by atoms with Crippen molar-refractivity contribution in [3.8, 4) is 0 Å². The fraction of sp³-hybridized carbons (Fsp3) is 0.643. The zero-order valence-electron chi connectivity index (χ0n) is 23.4. The van der Waals surface area contributed by atoms with Crippen molar-refractivity contribution in [3.05, 3.63) is 41.4 Å². The summed E-state index contributed by atoms with van der Waals surface area (Å²) in [5, 5.41) is 8.12. The molecular formula is C28H42FN5O4. The second-order valence-corrected chi connectivity index (χ2v) is 10.7. The van der Waals surface area contributed by atoms with Gasteiger partial charge in [0.1, 0.15) is 12.4 Å². The highest BCUT2D eigenvalue weighted by atomic mass is 19.1. The van der Waals surface area contributed by atoms with Crippen LogP contribution in [0.4, 0.5) is 10.1 Å². The summed E-state index contributed by atoms with van der Waals surface area (Å²) in [7, 11) is 1.48. The Hall–Kier alpha value is -2.85. The van der Waals surface area contributed by atoms with E-state index < -0.39 is 5.82 Å². The molecule has 3 rings (SSSR count). The molecule has 0 aliphatic carbocycles. The molecule has 10 heteroatoms. The molecule has 0 spiro atoms. The van der Waals surface area contributed by atoms with Gasteiger partial charge in [0.25, 0.3) is 5.91 Å². The number of aryl methyl sites for hydroxylation is 1. The molecular weight excluding hydrogens is 489 g/mol. The standard InChI is InChI=1S/C28H42FN5O4/c1-20(2)17-32-12-6-14-33(26(35)11-10-25-30-31-28(38-25)21(3)4)18-22-16-23(29)8-9-24(22)34(15-7-13-32)27(36)19-37-5/h8-9,16,20-21H,6-7,10-15,17-19H2,1-5H3. The van der Waals surface area contributed by atoms with Crippen LogP contribution < -0.4 is 4.90 Å². The van der Waals surface area contributed by atoms with Gasteiger partial charge in [-0.2, -0.15) is 0 Å². The number of hydrogen-bond donors (Lipinski definition) is 0. The van der Waals surface area contributed by atoms with Gasteiger partial charge >= 0.3 is 0 Å². The molecule has 1 aliphatic rings. The number of carbonyl (C=O) groups excluding carboxylic acids is 2. The van der Waals surface area contributed by atoms with Crippen molar-refractivity contribution in [2.45, 2.75) is 65.8 Å². The van der Waals surface area contributed by atoms with Crippen LogP contribution in [0.5, 0.6) is 0 Å². The quantitative estimate of drug-likeness (QED) is 0.508. The largest absolute Gasteiger partial charge is 0.425 e. The average molecular weight is 532 g/mol. The van der Waals surface area contributed by atoms with Crippen LogP contribution >= 0.6 is 0 Å². The van der Waals surface area contributed by atoms with Crippen molar-refractivity contribution in [1.29, 1.82) is 0 Å². The van der Waals surface area contributed by atoms with Gasteiger partial charge in [-0.1, -0.05) is 27.7 Å². The lowest BCUT2D eigenvalue weighted by atomic mass is 10.1. The normalized spacial score (nSPS) is 15.9. The Bertz CT molecular complexity index is 1060. The Labute approximate surface area is 225 Å². The minimum atomic E-state index is -0.405. The molecule has 0 bridgehead atoms. The summed E-state index contributed by atoms with van der Waals surface area (Å²) >= 11 is 0. The Balaban J connectivity index is 1.87. The first-order valence-corrected chi connectivity index (χ1v) is 13.6. The lowest BCUT2D eigenvalue weighted by Crippen LogP contribution is -2.40. The third kappa shape index (κ3) is 8.59. The molecule has 2 heterocycles. The molecule has 38 heavy (non-hydrogen) atoms. The predicted octanol–water partition coefficient (Wildman–Crippen LogP) is 4.02. The van der Waals surface area contributed by atoms with Crippen molar-refractivity contribution in [2.24, 2.45) is 5.92 Å². The molecule has 1 aromatic heterocycles. The van der Waals surface area contributed by atoms with Crippen LogP contribution in [-0.2, 0) is 27.3 Å². The topological polar surface area (TPSA) is 92.0 Å². The van der Waals surface area contributed by atoms with E-state index in [-0.39, 0.29) is 37.3 Å². The number of methoxy groups -OCH3 is 1. The first kappa shape index (κ1) is 29.7. The van der Waals surface area contributed by atoms with Gasteiger partial charge in [-0.05, 0) is 55.6 Å². The maximum atomic E-state index is 14.4. The summed E-state index contributed by atoms with van der Waals surface area (Å²) in [4.78, 5) is 32.3. The third-order valence-corrected chi connectivity index (χ3v) is 6.53. The van der Waals surface area contributed by atoms with E-state index in [2.05, 4.69) is 28.9 Å². The van der Waals surface area contributed by atoms with Crippen LogP contribution in [0.1, 0.15) is 70.2 Å². The summed E-state index contributed by atoms with van der Waals surface area (Å²) in [5.74, 6) is 0.926. The van der Waals surface area contributed by atoms with Gasteiger partial charge < -0.3 is 23.9 Å². The molecule has 0 N–H and O–H groups in total. The molecule has 0 saturated heterocycles. The zero-order valence-corrected chi connectivity index (χ0v) is 23.4. The molecule has 0 radical (unpaired) electrons. The molecule has 2 aromatic rings. The number of rotatable bonds is 8. The van der Waals surface area contributed by atoms with Gasteiger partial charge in [-0.25, -0.2) is 4.39 Å². The molecule has 9 nitrogen and oxygen atoms in total. The highest BCUT2D eigenvalue weighted by Crippen LogP contribution is 2.26. The van der Waals surface area contributed by atoms with E-state index >= 15 is 0 Å². The molecule has 0 unspecified atom stereocenters. The van der Waals surface area contributed by atoms with Crippen molar-refractivity contribution < 1.29 is 23.1 Å². The first-order chi connectivity index (χ1) is 18.2. The maximum absolute atomic E-state index is 14.4. The van der Waals surface area contributed by atoms with Gasteiger partial charge in [0.2, 0.25) is 17.7 Å². The van der Waals surface area contributed by atoms with Crippen molar-refractivity contribution in [1.82, 2.24) is 20.0 Å². The minimum absolute atomic E-state index is 0.0717. The zero-order chi connectivity index (χ0) is 27.7. The highest BCUT2D eigenvalue weighted by molar-refractivity contribution is 5.95. The summed E-state index contributed by atoms with van der Waals surface area (Å²) in [6.07, 6.45) is 2.12. The number of carbonyl (C=O) groups is 2. The number of ether oxygens (including phenoxy) is 1. The average Bonchev–Trinajstić information content (AvgIpc) is 3.33. The molecule has 1 aromatic carbocycles. The number of nitrogens with zero attached hydrogens (tertiary/aromatic N) is 5. The SMILES string of the molecule is COCC(=O)N1CCCN(CC(C)C)CCCN(C(=O)CCc2nnc(C(C)C)o2)Cc2cc(F)ccc21.